The highest BCUT2D eigenvalue weighted by Gasteiger charge is 2.36. The van der Waals surface area contributed by atoms with Crippen LogP contribution >= 0.6 is 11.6 Å². The van der Waals surface area contributed by atoms with Crippen LogP contribution in [0.15, 0.2) is 6.07 Å². The molecule has 110 valence electrons. The van der Waals surface area contributed by atoms with E-state index in [1.165, 1.54) is 4.90 Å². The second kappa shape index (κ2) is 5.41. The third-order valence-corrected chi connectivity index (χ3v) is 2.90. The molecule has 1 aliphatic heterocycles. The Balaban J connectivity index is 2.40. The van der Waals surface area contributed by atoms with E-state index in [4.69, 9.17) is 22.1 Å². The number of hydrogen-bond acceptors (Lipinski definition) is 5. The molecule has 1 aliphatic rings. The molecule has 1 amide bonds. The van der Waals surface area contributed by atoms with Gasteiger partial charge >= 0.3 is 6.18 Å². The van der Waals surface area contributed by atoms with Crippen molar-refractivity contribution in [2.75, 3.05) is 24.7 Å². The van der Waals surface area contributed by atoms with E-state index in [9.17, 15) is 18.0 Å². The Hall–Kier alpha value is -1.61. The standard InChI is InChI=1S/C10H10ClF3N4O2/c11-9-16-6(10(12,13)14)3-7(17-9)18-1-2-20-4-5(18)8(15)19/h3,5H,1-2,4H2,(H2,15,19). The minimum absolute atomic E-state index is 0.0156. The van der Waals surface area contributed by atoms with Gasteiger partial charge in [0, 0.05) is 12.6 Å². The second-order valence-electron chi connectivity index (χ2n) is 4.06. The van der Waals surface area contributed by atoms with Crippen molar-refractivity contribution in [3.05, 3.63) is 17.0 Å². The summed E-state index contributed by atoms with van der Waals surface area (Å²) in [6.07, 6.45) is -4.66. The predicted octanol–water partition coefficient (Wildman–Crippen LogP) is 0.839. The van der Waals surface area contributed by atoms with Crippen molar-refractivity contribution in [1.29, 1.82) is 0 Å². The summed E-state index contributed by atoms with van der Waals surface area (Å²) in [5, 5.41) is -0.551. The lowest BCUT2D eigenvalue weighted by Crippen LogP contribution is -2.53. The molecule has 2 N–H and O–H groups in total. The zero-order valence-corrected chi connectivity index (χ0v) is 10.8. The molecule has 1 unspecified atom stereocenters. The lowest BCUT2D eigenvalue weighted by atomic mass is 10.2. The Morgan fingerprint density at radius 3 is 2.80 bits per heavy atom. The van der Waals surface area contributed by atoms with E-state index >= 15 is 0 Å². The summed E-state index contributed by atoms with van der Waals surface area (Å²) in [4.78, 5) is 19.5. The van der Waals surface area contributed by atoms with Crippen LogP contribution in [0.1, 0.15) is 5.69 Å². The van der Waals surface area contributed by atoms with Crippen LogP contribution in [-0.2, 0) is 15.7 Å². The third-order valence-electron chi connectivity index (χ3n) is 2.73. The average molecular weight is 311 g/mol. The Labute approximate surface area is 116 Å². The minimum Gasteiger partial charge on any atom is -0.377 e. The molecule has 20 heavy (non-hydrogen) atoms. The molecule has 0 spiro atoms. The predicted molar refractivity (Wildman–Crippen MR) is 63.2 cm³/mol. The van der Waals surface area contributed by atoms with E-state index in [1.54, 1.807) is 0 Å². The van der Waals surface area contributed by atoms with Gasteiger partial charge in [0.25, 0.3) is 0 Å². The van der Waals surface area contributed by atoms with Crippen LogP contribution in [0, 0.1) is 0 Å². The number of ether oxygens (including phenoxy) is 1. The number of nitrogens with zero attached hydrogens (tertiary/aromatic N) is 3. The number of carbonyl (C=O) groups excluding carboxylic acids is 1. The smallest absolute Gasteiger partial charge is 0.377 e. The van der Waals surface area contributed by atoms with Gasteiger partial charge in [-0.2, -0.15) is 13.2 Å². The van der Waals surface area contributed by atoms with Gasteiger partial charge < -0.3 is 15.4 Å². The van der Waals surface area contributed by atoms with Crippen molar-refractivity contribution < 1.29 is 22.7 Å². The lowest BCUT2D eigenvalue weighted by Gasteiger charge is -2.34. The maximum atomic E-state index is 12.7. The van der Waals surface area contributed by atoms with Crippen LogP contribution in [0.2, 0.25) is 5.28 Å². The highest BCUT2D eigenvalue weighted by atomic mass is 35.5. The molecule has 1 saturated heterocycles. The Bertz CT molecular complexity index is 526. The van der Waals surface area contributed by atoms with Gasteiger partial charge in [-0.3, -0.25) is 4.79 Å². The van der Waals surface area contributed by atoms with E-state index in [2.05, 4.69) is 9.97 Å². The number of halogens is 4. The third kappa shape index (κ3) is 3.10. The van der Waals surface area contributed by atoms with Crippen LogP contribution in [0.4, 0.5) is 19.0 Å². The van der Waals surface area contributed by atoms with Gasteiger partial charge in [-0.05, 0) is 11.6 Å². The number of primary amides is 1. The largest absolute Gasteiger partial charge is 0.433 e. The zero-order chi connectivity index (χ0) is 14.9. The maximum absolute atomic E-state index is 12.7. The van der Waals surface area contributed by atoms with Crippen molar-refractivity contribution in [2.24, 2.45) is 5.73 Å². The molecular formula is C10H10ClF3N4O2. The Morgan fingerprint density at radius 1 is 1.50 bits per heavy atom. The van der Waals surface area contributed by atoms with Crippen molar-refractivity contribution >= 4 is 23.3 Å². The fourth-order valence-corrected chi connectivity index (χ4v) is 1.99. The SMILES string of the molecule is NC(=O)C1COCCN1c1cc(C(F)(F)F)nc(Cl)n1. The second-order valence-corrected chi connectivity index (χ2v) is 4.40. The van der Waals surface area contributed by atoms with Crippen LogP contribution < -0.4 is 10.6 Å². The highest BCUT2D eigenvalue weighted by Crippen LogP contribution is 2.31. The summed E-state index contributed by atoms with van der Waals surface area (Å²) < 4.78 is 43.1. The molecule has 1 aromatic rings. The number of nitrogens with two attached hydrogens (primary N) is 1. The molecule has 10 heteroatoms. The highest BCUT2D eigenvalue weighted by molar-refractivity contribution is 6.28. The first-order chi connectivity index (χ1) is 9.29. The monoisotopic (exact) mass is 310 g/mol. The molecule has 2 rings (SSSR count). The molecule has 0 bridgehead atoms. The number of anilines is 1. The molecule has 2 heterocycles. The van der Waals surface area contributed by atoms with E-state index in [-0.39, 0.29) is 25.6 Å². The fraction of sp³-hybridized carbons (Fsp3) is 0.500. The molecule has 6 nitrogen and oxygen atoms in total. The van der Waals surface area contributed by atoms with E-state index < -0.39 is 29.1 Å². The van der Waals surface area contributed by atoms with Gasteiger partial charge in [0.2, 0.25) is 11.2 Å². The van der Waals surface area contributed by atoms with Crippen LogP contribution in [0.3, 0.4) is 0 Å². The number of aromatic nitrogens is 2. The van der Waals surface area contributed by atoms with Crippen LogP contribution in [-0.4, -0.2) is 41.7 Å². The van der Waals surface area contributed by atoms with Gasteiger partial charge in [-0.25, -0.2) is 9.97 Å². The quantitative estimate of drug-likeness (QED) is 0.819. The number of rotatable bonds is 2. The van der Waals surface area contributed by atoms with Gasteiger partial charge in [-0.1, -0.05) is 0 Å². The molecule has 0 radical (unpaired) electrons. The van der Waals surface area contributed by atoms with Crippen LogP contribution in [0.25, 0.3) is 0 Å². The molecule has 1 atom stereocenters. The normalized spacial score (nSPS) is 20.0. The van der Waals surface area contributed by atoms with E-state index in [1.807, 2.05) is 0 Å². The topological polar surface area (TPSA) is 81.3 Å². The van der Waals surface area contributed by atoms with Crippen molar-refractivity contribution in [3.8, 4) is 0 Å². The van der Waals surface area contributed by atoms with Gasteiger partial charge in [0.15, 0.2) is 5.69 Å². The van der Waals surface area contributed by atoms with Gasteiger partial charge in [0.1, 0.15) is 11.9 Å². The van der Waals surface area contributed by atoms with Crippen molar-refractivity contribution in [1.82, 2.24) is 9.97 Å². The number of carbonyl (C=O) groups is 1. The first kappa shape index (κ1) is 14.8. The number of morpholine rings is 1. The molecule has 0 aliphatic carbocycles. The number of amides is 1. The number of alkyl halides is 3. The summed E-state index contributed by atoms with van der Waals surface area (Å²) in [7, 11) is 0. The number of hydrogen-bond donors (Lipinski definition) is 1. The fourth-order valence-electron chi connectivity index (χ4n) is 1.81. The average Bonchev–Trinajstić information content (AvgIpc) is 2.37. The van der Waals surface area contributed by atoms with Gasteiger partial charge in [-0.15, -0.1) is 0 Å². The molecule has 1 aromatic heterocycles. The summed E-state index contributed by atoms with van der Waals surface area (Å²) in [5.41, 5.74) is 4.02. The zero-order valence-electron chi connectivity index (χ0n) is 10.0. The van der Waals surface area contributed by atoms with Crippen molar-refractivity contribution in [3.63, 3.8) is 0 Å². The first-order valence-corrected chi connectivity index (χ1v) is 5.92. The Kier molecular flexibility index (Phi) is 4.00. The molecule has 1 fully saturated rings. The summed E-state index contributed by atoms with van der Waals surface area (Å²) >= 11 is 5.51. The van der Waals surface area contributed by atoms with Crippen molar-refractivity contribution in [2.45, 2.75) is 12.2 Å². The van der Waals surface area contributed by atoms with Crippen LogP contribution in [0.5, 0.6) is 0 Å². The van der Waals surface area contributed by atoms with E-state index in [0.717, 1.165) is 6.07 Å². The molecule has 0 aromatic carbocycles. The first-order valence-electron chi connectivity index (χ1n) is 5.54. The lowest BCUT2D eigenvalue weighted by molar-refractivity contribution is -0.141. The molecular weight excluding hydrogens is 301 g/mol. The summed E-state index contributed by atoms with van der Waals surface area (Å²) in [5.74, 6) is -0.822. The maximum Gasteiger partial charge on any atom is 0.433 e. The molecule has 0 saturated carbocycles. The summed E-state index contributed by atoms with van der Waals surface area (Å²) in [6, 6.07) is -0.163. The Morgan fingerprint density at radius 2 is 2.20 bits per heavy atom. The minimum atomic E-state index is -4.66. The van der Waals surface area contributed by atoms with E-state index in [0.29, 0.717) is 0 Å². The van der Waals surface area contributed by atoms with Gasteiger partial charge in [0.05, 0.1) is 13.2 Å². The summed E-state index contributed by atoms with van der Waals surface area (Å²) in [6.45, 7) is 0.406.